The number of fused-ring (bicyclic) bond motifs is 1. The molecular formula is C22H19ClN4O2. The van der Waals surface area contributed by atoms with E-state index in [1.165, 1.54) is 0 Å². The van der Waals surface area contributed by atoms with E-state index in [0.717, 1.165) is 16.5 Å². The molecular weight excluding hydrogens is 388 g/mol. The molecule has 29 heavy (non-hydrogen) atoms. The fourth-order valence-electron chi connectivity index (χ4n) is 3.16. The molecule has 0 saturated heterocycles. The largest absolute Gasteiger partial charge is 0.382 e. The number of pyridine rings is 1. The van der Waals surface area contributed by atoms with Crippen molar-refractivity contribution in [3.63, 3.8) is 0 Å². The van der Waals surface area contributed by atoms with Gasteiger partial charge in [0.05, 0.1) is 21.9 Å². The summed E-state index contributed by atoms with van der Waals surface area (Å²) < 4.78 is 5.28. The monoisotopic (exact) mass is 406 g/mol. The molecule has 0 aliphatic rings. The van der Waals surface area contributed by atoms with Gasteiger partial charge in [-0.05, 0) is 25.1 Å². The van der Waals surface area contributed by atoms with Crippen molar-refractivity contribution in [2.75, 3.05) is 12.3 Å². The number of nitrogen functional groups attached to an aromatic ring is 1. The van der Waals surface area contributed by atoms with Gasteiger partial charge in [0.1, 0.15) is 5.69 Å². The van der Waals surface area contributed by atoms with Crippen LogP contribution in [-0.2, 0) is 4.74 Å². The Bertz CT molecular complexity index is 1170. The molecule has 2 aromatic carbocycles. The summed E-state index contributed by atoms with van der Waals surface area (Å²) in [4.78, 5) is 13.5. The van der Waals surface area contributed by atoms with Gasteiger partial charge in [0, 0.05) is 29.3 Å². The van der Waals surface area contributed by atoms with Crippen molar-refractivity contribution in [1.82, 2.24) is 15.0 Å². The lowest BCUT2D eigenvalue weighted by molar-refractivity contribution is -0.100. The first kappa shape index (κ1) is 19.3. The first-order valence-corrected chi connectivity index (χ1v) is 9.53. The minimum Gasteiger partial charge on any atom is -0.382 e. The van der Waals surface area contributed by atoms with Crippen LogP contribution in [0.5, 0.6) is 0 Å². The van der Waals surface area contributed by atoms with E-state index in [2.05, 4.69) is 15.0 Å². The third-order valence-corrected chi connectivity index (χ3v) is 4.78. The van der Waals surface area contributed by atoms with Crippen molar-refractivity contribution in [3.8, 4) is 22.5 Å². The van der Waals surface area contributed by atoms with Crippen molar-refractivity contribution < 1.29 is 9.84 Å². The topological polar surface area (TPSA) is 94.1 Å². The Morgan fingerprint density at radius 1 is 1.03 bits per heavy atom. The Balaban J connectivity index is 1.98. The summed E-state index contributed by atoms with van der Waals surface area (Å²) in [7, 11) is 0. The highest BCUT2D eigenvalue weighted by Crippen LogP contribution is 2.35. The van der Waals surface area contributed by atoms with E-state index in [9.17, 15) is 5.11 Å². The number of aliphatic hydroxyl groups is 1. The number of rotatable bonds is 5. The molecule has 0 spiro atoms. The van der Waals surface area contributed by atoms with Gasteiger partial charge < -0.3 is 15.6 Å². The van der Waals surface area contributed by atoms with Crippen molar-refractivity contribution in [3.05, 3.63) is 71.5 Å². The highest BCUT2D eigenvalue weighted by atomic mass is 35.5. The molecule has 6 nitrogen and oxygen atoms in total. The van der Waals surface area contributed by atoms with E-state index in [0.29, 0.717) is 28.5 Å². The van der Waals surface area contributed by atoms with Gasteiger partial charge in [0.15, 0.2) is 5.82 Å². The molecule has 0 bridgehead atoms. The van der Waals surface area contributed by atoms with Gasteiger partial charge in [-0.1, -0.05) is 48.0 Å². The summed E-state index contributed by atoms with van der Waals surface area (Å²) in [6, 6.07) is 17.1. The van der Waals surface area contributed by atoms with Gasteiger partial charge in [-0.2, -0.15) is 0 Å². The molecule has 0 amide bonds. The summed E-state index contributed by atoms with van der Waals surface area (Å²) >= 11 is 6.48. The van der Waals surface area contributed by atoms with Crippen molar-refractivity contribution in [2.24, 2.45) is 0 Å². The quantitative estimate of drug-likeness (QED) is 0.469. The Morgan fingerprint density at radius 2 is 1.79 bits per heavy atom. The maximum atomic E-state index is 10.3. The van der Waals surface area contributed by atoms with Crippen LogP contribution in [0.1, 0.15) is 18.9 Å². The summed E-state index contributed by atoms with van der Waals surface area (Å²) in [5, 5.41) is 11.7. The third kappa shape index (κ3) is 3.78. The highest BCUT2D eigenvalue weighted by Gasteiger charge is 2.21. The number of nitrogens with zero attached hydrogens (tertiary/aromatic N) is 3. The lowest BCUT2D eigenvalue weighted by Crippen LogP contribution is -2.12. The number of anilines is 1. The second-order valence-electron chi connectivity index (χ2n) is 6.40. The summed E-state index contributed by atoms with van der Waals surface area (Å²) in [6.45, 7) is 2.09. The second kappa shape index (κ2) is 8.13. The molecule has 0 fully saturated rings. The molecule has 4 aromatic rings. The van der Waals surface area contributed by atoms with Crippen LogP contribution in [0.15, 0.2) is 60.8 Å². The Labute approximate surface area is 173 Å². The van der Waals surface area contributed by atoms with Crippen LogP contribution in [0.25, 0.3) is 33.4 Å². The van der Waals surface area contributed by atoms with E-state index in [-0.39, 0.29) is 11.5 Å². The van der Waals surface area contributed by atoms with E-state index in [1.807, 2.05) is 48.5 Å². The number of ether oxygens (including phenoxy) is 1. The molecule has 0 saturated carbocycles. The summed E-state index contributed by atoms with van der Waals surface area (Å²) in [5.41, 5.74) is 9.72. The zero-order chi connectivity index (χ0) is 20.4. The number of hydrogen-bond donors (Lipinski definition) is 2. The average molecular weight is 407 g/mol. The van der Waals surface area contributed by atoms with E-state index in [1.54, 1.807) is 19.2 Å². The molecule has 0 aliphatic carbocycles. The second-order valence-corrected chi connectivity index (χ2v) is 6.81. The third-order valence-electron chi connectivity index (χ3n) is 4.49. The van der Waals surface area contributed by atoms with Gasteiger partial charge in [0.2, 0.25) is 6.29 Å². The number of nitrogens with two attached hydrogens (primary N) is 1. The predicted octanol–water partition coefficient (Wildman–Crippen LogP) is 4.62. The molecule has 2 heterocycles. The first-order chi connectivity index (χ1) is 14.1. The number of hydrogen-bond acceptors (Lipinski definition) is 6. The number of aromatic nitrogens is 3. The molecule has 146 valence electrons. The number of aliphatic hydroxyl groups excluding tert-OH is 1. The normalized spacial score (nSPS) is 12.2. The Kier molecular flexibility index (Phi) is 5.40. The van der Waals surface area contributed by atoms with Crippen LogP contribution in [0.3, 0.4) is 0 Å². The van der Waals surface area contributed by atoms with Crippen LogP contribution in [0.4, 0.5) is 5.82 Å². The Morgan fingerprint density at radius 3 is 2.55 bits per heavy atom. The fraction of sp³-hybridized carbons (Fsp3) is 0.136. The minimum atomic E-state index is -1.27. The fourth-order valence-corrected chi connectivity index (χ4v) is 3.44. The lowest BCUT2D eigenvalue weighted by Gasteiger charge is -2.17. The van der Waals surface area contributed by atoms with Crippen molar-refractivity contribution in [2.45, 2.75) is 13.2 Å². The van der Waals surface area contributed by atoms with Gasteiger partial charge in [0.25, 0.3) is 0 Å². The molecule has 7 heteroatoms. The SMILES string of the molecule is CCOC(O)c1nc(-c2cc(Cl)c3ncccc3c2)c(-c2ccccc2)nc1N. The maximum absolute atomic E-state index is 10.3. The Hall–Kier alpha value is -3.06. The van der Waals surface area contributed by atoms with E-state index < -0.39 is 6.29 Å². The van der Waals surface area contributed by atoms with Crippen molar-refractivity contribution in [1.29, 1.82) is 0 Å². The van der Waals surface area contributed by atoms with Gasteiger partial charge >= 0.3 is 0 Å². The molecule has 3 N–H and O–H groups in total. The number of benzene rings is 2. The van der Waals surface area contributed by atoms with Crippen LogP contribution in [0, 0.1) is 0 Å². The molecule has 0 radical (unpaired) electrons. The van der Waals surface area contributed by atoms with E-state index >= 15 is 0 Å². The smallest absolute Gasteiger partial charge is 0.202 e. The van der Waals surface area contributed by atoms with Crippen molar-refractivity contribution >= 4 is 28.3 Å². The van der Waals surface area contributed by atoms with Crippen LogP contribution >= 0.6 is 11.6 Å². The zero-order valence-electron chi connectivity index (χ0n) is 15.7. The molecule has 4 rings (SSSR count). The molecule has 1 atom stereocenters. The van der Waals surface area contributed by atoms with Crippen LogP contribution < -0.4 is 5.73 Å². The highest BCUT2D eigenvalue weighted by molar-refractivity contribution is 6.35. The lowest BCUT2D eigenvalue weighted by atomic mass is 10.0. The molecule has 2 aromatic heterocycles. The number of halogens is 1. The van der Waals surface area contributed by atoms with Crippen LogP contribution in [-0.4, -0.2) is 26.7 Å². The first-order valence-electron chi connectivity index (χ1n) is 9.15. The molecule has 1 unspecified atom stereocenters. The summed E-state index contributed by atoms with van der Waals surface area (Å²) in [6.07, 6.45) is 0.428. The van der Waals surface area contributed by atoms with Crippen LogP contribution in [0.2, 0.25) is 5.02 Å². The predicted molar refractivity (Wildman–Crippen MR) is 114 cm³/mol. The van der Waals surface area contributed by atoms with Gasteiger partial charge in [-0.3, -0.25) is 4.98 Å². The summed E-state index contributed by atoms with van der Waals surface area (Å²) in [5.74, 6) is 0.113. The average Bonchev–Trinajstić information content (AvgIpc) is 2.74. The van der Waals surface area contributed by atoms with Gasteiger partial charge in [-0.15, -0.1) is 0 Å². The minimum absolute atomic E-state index is 0.113. The van der Waals surface area contributed by atoms with E-state index in [4.69, 9.17) is 22.1 Å². The maximum Gasteiger partial charge on any atom is 0.202 e. The zero-order valence-corrected chi connectivity index (χ0v) is 16.5. The van der Waals surface area contributed by atoms with Gasteiger partial charge in [-0.25, -0.2) is 9.97 Å². The molecule has 0 aliphatic heterocycles. The standard InChI is InChI=1S/C22H19ClN4O2/c1-2-29-22(28)20-21(24)27-18(13-7-4-3-5-8-13)19(26-20)15-11-14-9-6-10-25-17(14)16(23)12-15/h3-12,22,28H,2H2,1H3,(H2,24,27).